The fourth-order valence-corrected chi connectivity index (χ4v) is 4.03. The van der Waals surface area contributed by atoms with Crippen molar-refractivity contribution in [2.24, 2.45) is 0 Å². The van der Waals surface area contributed by atoms with Crippen LogP contribution in [0.3, 0.4) is 0 Å². The van der Waals surface area contributed by atoms with Crippen molar-refractivity contribution in [1.82, 2.24) is 15.2 Å². The number of aromatic amines is 2. The first kappa shape index (κ1) is 15.9. The maximum atomic E-state index is 12.0. The summed E-state index contributed by atoms with van der Waals surface area (Å²) in [6.07, 6.45) is 6.68. The standard InChI is InChI=1S/C16H20N4O2S/c21-15(14-18-16(22)20-19-14)17-12-6-4-5-11(9-12)10-23-13-7-2-1-3-8-13/h4-6,9,13H,1-3,7-8,10H2,(H,17,21)(H2,18,19,20,22). The minimum Gasteiger partial charge on any atom is -0.319 e. The van der Waals surface area contributed by atoms with Crippen LogP contribution in [0.5, 0.6) is 0 Å². The highest BCUT2D eigenvalue weighted by molar-refractivity contribution is 7.99. The first-order valence-electron chi connectivity index (χ1n) is 7.87. The van der Waals surface area contributed by atoms with Crippen LogP contribution in [0.1, 0.15) is 48.3 Å². The highest BCUT2D eigenvalue weighted by Crippen LogP contribution is 2.30. The molecule has 1 aromatic carbocycles. The van der Waals surface area contributed by atoms with Crippen LogP contribution in [0.2, 0.25) is 0 Å². The third-order valence-electron chi connectivity index (χ3n) is 3.94. The molecule has 3 N–H and O–H groups in total. The number of amides is 1. The number of anilines is 1. The van der Waals surface area contributed by atoms with Crippen LogP contribution < -0.4 is 11.0 Å². The van der Waals surface area contributed by atoms with Crippen molar-refractivity contribution in [2.45, 2.75) is 43.1 Å². The lowest BCUT2D eigenvalue weighted by Crippen LogP contribution is -2.15. The van der Waals surface area contributed by atoms with Gasteiger partial charge in [0, 0.05) is 16.7 Å². The van der Waals surface area contributed by atoms with Crippen molar-refractivity contribution in [2.75, 3.05) is 5.32 Å². The van der Waals surface area contributed by atoms with Crippen LogP contribution in [0, 0.1) is 0 Å². The summed E-state index contributed by atoms with van der Waals surface area (Å²) in [6.45, 7) is 0. The molecule has 3 rings (SSSR count). The average molecular weight is 332 g/mol. The van der Waals surface area contributed by atoms with Crippen molar-refractivity contribution in [3.05, 3.63) is 46.1 Å². The van der Waals surface area contributed by atoms with Gasteiger partial charge in [0.05, 0.1) is 0 Å². The molecule has 0 unspecified atom stereocenters. The molecule has 2 aromatic rings. The third-order valence-corrected chi connectivity index (χ3v) is 5.38. The van der Waals surface area contributed by atoms with Crippen molar-refractivity contribution in [3.8, 4) is 0 Å². The first-order valence-corrected chi connectivity index (χ1v) is 8.92. The van der Waals surface area contributed by atoms with Crippen molar-refractivity contribution >= 4 is 23.4 Å². The Kier molecular flexibility index (Phi) is 5.17. The van der Waals surface area contributed by atoms with E-state index in [0.717, 1.165) is 11.0 Å². The van der Waals surface area contributed by atoms with Gasteiger partial charge >= 0.3 is 5.69 Å². The van der Waals surface area contributed by atoms with Gasteiger partial charge in [0.2, 0.25) is 5.82 Å². The van der Waals surface area contributed by atoms with Gasteiger partial charge in [-0.25, -0.2) is 9.89 Å². The fourth-order valence-electron chi connectivity index (χ4n) is 2.75. The number of thioether (sulfide) groups is 1. The lowest BCUT2D eigenvalue weighted by Gasteiger charge is -2.21. The molecule has 0 spiro atoms. The van der Waals surface area contributed by atoms with E-state index in [2.05, 4.69) is 26.6 Å². The predicted molar refractivity (Wildman–Crippen MR) is 91.8 cm³/mol. The lowest BCUT2D eigenvalue weighted by atomic mass is 10.0. The summed E-state index contributed by atoms with van der Waals surface area (Å²) in [6, 6.07) is 7.80. The molecule has 1 aliphatic rings. The zero-order chi connectivity index (χ0) is 16.1. The van der Waals surface area contributed by atoms with E-state index in [9.17, 15) is 9.59 Å². The zero-order valence-electron chi connectivity index (χ0n) is 12.8. The number of aromatic nitrogens is 3. The van der Waals surface area contributed by atoms with Crippen molar-refractivity contribution in [3.63, 3.8) is 0 Å². The number of benzene rings is 1. The summed E-state index contributed by atoms with van der Waals surface area (Å²) in [5.74, 6) is 0.505. The Morgan fingerprint density at radius 1 is 1.30 bits per heavy atom. The molecule has 122 valence electrons. The molecule has 0 atom stereocenters. The number of carbonyl (C=O) groups excluding carboxylic acids is 1. The Morgan fingerprint density at radius 3 is 2.87 bits per heavy atom. The Balaban J connectivity index is 1.58. The van der Waals surface area contributed by atoms with Gasteiger partial charge in [0.25, 0.3) is 5.91 Å². The summed E-state index contributed by atoms with van der Waals surface area (Å²) in [4.78, 5) is 25.3. The average Bonchev–Trinajstić information content (AvgIpc) is 3.01. The topological polar surface area (TPSA) is 90.6 Å². The number of H-pyrrole nitrogens is 2. The smallest absolute Gasteiger partial charge is 0.319 e. The van der Waals surface area contributed by atoms with Gasteiger partial charge in [-0.05, 0) is 30.5 Å². The van der Waals surface area contributed by atoms with E-state index in [1.165, 1.54) is 37.7 Å². The lowest BCUT2D eigenvalue weighted by molar-refractivity contribution is 0.101. The Bertz CT molecular complexity index is 719. The van der Waals surface area contributed by atoms with Gasteiger partial charge in [0.1, 0.15) is 0 Å². The fraction of sp³-hybridized carbons (Fsp3) is 0.438. The van der Waals surface area contributed by atoms with Gasteiger partial charge in [-0.2, -0.15) is 11.8 Å². The number of hydrogen-bond acceptors (Lipinski definition) is 4. The molecule has 7 heteroatoms. The second-order valence-corrected chi connectivity index (χ2v) is 7.04. The van der Waals surface area contributed by atoms with Crippen molar-refractivity contribution < 1.29 is 4.79 Å². The van der Waals surface area contributed by atoms with Crippen LogP contribution in [0.15, 0.2) is 29.1 Å². The summed E-state index contributed by atoms with van der Waals surface area (Å²) < 4.78 is 0. The molecule has 1 saturated carbocycles. The minimum atomic E-state index is -0.493. The molecular weight excluding hydrogens is 312 g/mol. The second kappa shape index (κ2) is 7.50. The molecule has 1 aromatic heterocycles. The minimum absolute atomic E-state index is 0.0167. The second-order valence-electron chi connectivity index (χ2n) is 5.75. The summed E-state index contributed by atoms with van der Waals surface area (Å²) in [5.41, 5.74) is 1.40. The molecule has 6 nitrogen and oxygen atoms in total. The molecule has 1 heterocycles. The molecule has 1 aliphatic carbocycles. The van der Waals surface area contributed by atoms with Crippen LogP contribution in [0.4, 0.5) is 5.69 Å². The van der Waals surface area contributed by atoms with E-state index < -0.39 is 11.6 Å². The quantitative estimate of drug-likeness (QED) is 0.785. The number of nitrogens with zero attached hydrogens (tertiary/aromatic N) is 1. The summed E-state index contributed by atoms with van der Waals surface area (Å²) in [5, 5.41) is 9.31. The van der Waals surface area contributed by atoms with E-state index in [1.807, 2.05) is 30.0 Å². The van der Waals surface area contributed by atoms with Gasteiger partial charge in [-0.15, -0.1) is 5.10 Å². The van der Waals surface area contributed by atoms with Gasteiger partial charge in [-0.3, -0.25) is 9.78 Å². The van der Waals surface area contributed by atoms with Crippen molar-refractivity contribution in [1.29, 1.82) is 0 Å². The van der Waals surface area contributed by atoms with Gasteiger partial charge < -0.3 is 5.32 Å². The van der Waals surface area contributed by atoms with Crippen LogP contribution in [0.25, 0.3) is 0 Å². The number of carbonyl (C=O) groups is 1. The maximum absolute atomic E-state index is 12.0. The molecule has 0 saturated heterocycles. The van der Waals surface area contributed by atoms with E-state index in [1.54, 1.807) is 0 Å². The molecule has 0 radical (unpaired) electrons. The highest BCUT2D eigenvalue weighted by Gasteiger charge is 2.14. The van der Waals surface area contributed by atoms with Crippen LogP contribution >= 0.6 is 11.8 Å². The molecule has 0 bridgehead atoms. The summed E-state index contributed by atoms with van der Waals surface area (Å²) >= 11 is 2.00. The molecule has 0 aliphatic heterocycles. The van der Waals surface area contributed by atoms with E-state index in [4.69, 9.17) is 0 Å². The number of nitrogens with one attached hydrogen (secondary N) is 3. The summed E-state index contributed by atoms with van der Waals surface area (Å²) in [7, 11) is 0. The molecule has 1 fully saturated rings. The largest absolute Gasteiger partial charge is 0.341 e. The predicted octanol–water partition coefficient (Wildman–Crippen LogP) is 2.92. The Morgan fingerprint density at radius 2 is 2.13 bits per heavy atom. The third kappa shape index (κ3) is 4.48. The normalized spacial score (nSPS) is 15.5. The maximum Gasteiger partial charge on any atom is 0.341 e. The van der Waals surface area contributed by atoms with E-state index in [0.29, 0.717) is 5.69 Å². The Labute approximate surface area is 138 Å². The molecule has 23 heavy (non-hydrogen) atoms. The van der Waals surface area contributed by atoms with Gasteiger partial charge in [0.15, 0.2) is 0 Å². The first-order chi connectivity index (χ1) is 11.2. The monoisotopic (exact) mass is 332 g/mol. The van der Waals surface area contributed by atoms with Gasteiger partial charge in [-0.1, -0.05) is 31.4 Å². The molecule has 1 amide bonds. The highest BCUT2D eigenvalue weighted by atomic mass is 32.2. The Hall–Kier alpha value is -2.02. The number of rotatable bonds is 5. The zero-order valence-corrected chi connectivity index (χ0v) is 13.6. The SMILES string of the molecule is O=C(Nc1cccc(CSC2CCCCC2)c1)c1n[nH]c(=O)[nH]1. The van der Waals surface area contributed by atoms with E-state index >= 15 is 0 Å². The van der Waals surface area contributed by atoms with E-state index in [-0.39, 0.29) is 5.82 Å². The molecular formula is C16H20N4O2S. The van der Waals surface area contributed by atoms with Crippen LogP contribution in [-0.4, -0.2) is 26.3 Å². The van der Waals surface area contributed by atoms with Crippen LogP contribution in [-0.2, 0) is 5.75 Å². The number of hydrogen-bond donors (Lipinski definition) is 3.